The molecule has 0 radical (unpaired) electrons. The zero-order valence-corrected chi connectivity index (χ0v) is 19.4. The summed E-state index contributed by atoms with van der Waals surface area (Å²) in [5.74, 6) is 0.886. The Morgan fingerprint density at radius 2 is 1.76 bits per heavy atom. The Hall–Kier alpha value is -4.09. The van der Waals surface area contributed by atoms with E-state index in [0.29, 0.717) is 12.2 Å². The van der Waals surface area contributed by atoms with Gasteiger partial charge in [-0.1, -0.05) is 66.7 Å². The molecule has 0 spiro atoms. The van der Waals surface area contributed by atoms with Crippen molar-refractivity contribution in [3.63, 3.8) is 0 Å². The molecule has 0 bridgehead atoms. The van der Waals surface area contributed by atoms with Crippen LogP contribution in [-0.2, 0) is 13.0 Å². The van der Waals surface area contributed by atoms with Crippen LogP contribution in [0.2, 0.25) is 0 Å². The lowest BCUT2D eigenvalue weighted by Crippen LogP contribution is -2.03. The summed E-state index contributed by atoms with van der Waals surface area (Å²) in [5.41, 5.74) is 17.5. The fraction of sp³-hybridized carbons (Fsp3) is 0.138. The first-order valence-corrected chi connectivity index (χ1v) is 11.2. The van der Waals surface area contributed by atoms with Crippen molar-refractivity contribution < 1.29 is 9.53 Å². The number of carbonyl (C=O) groups is 1. The molecule has 5 heteroatoms. The number of nitrogens with one attached hydrogen (secondary N) is 1. The molecule has 0 atom stereocenters. The fourth-order valence-electron chi connectivity index (χ4n) is 3.74. The first-order chi connectivity index (χ1) is 16.8. The molecule has 0 amide bonds. The minimum Gasteiger partial charge on any atom is -0.489 e. The largest absolute Gasteiger partial charge is 0.489 e. The Bertz CT molecular complexity index is 1180. The van der Waals surface area contributed by atoms with Crippen LogP contribution in [0.5, 0.6) is 5.75 Å². The third-order valence-electron chi connectivity index (χ3n) is 5.44. The molecule has 4 rings (SSSR count). The quantitative estimate of drug-likeness (QED) is 0.434. The third-order valence-corrected chi connectivity index (χ3v) is 5.44. The first-order valence-electron chi connectivity index (χ1n) is 11.2. The van der Waals surface area contributed by atoms with Gasteiger partial charge in [-0.05, 0) is 58.7 Å². The molecule has 0 saturated heterocycles. The van der Waals surface area contributed by atoms with Crippen LogP contribution in [0.1, 0.15) is 27.0 Å². The van der Waals surface area contributed by atoms with Gasteiger partial charge < -0.3 is 21.5 Å². The Morgan fingerprint density at radius 1 is 1.00 bits per heavy atom. The molecule has 1 aliphatic rings. The van der Waals surface area contributed by atoms with Crippen molar-refractivity contribution in [1.82, 2.24) is 5.32 Å². The third kappa shape index (κ3) is 6.47. The number of benzene rings is 3. The normalized spacial score (nSPS) is 14.0. The van der Waals surface area contributed by atoms with Crippen molar-refractivity contribution in [3.8, 4) is 5.75 Å². The molecule has 34 heavy (non-hydrogen) atoms. The summed E-state index contributed by atoms with van der Waals surface area (Å²) in [5, 5.41) is 3.33. The Balaban J connectivity index is 0.00000158. The highest BCUT2D eigenvalue weighted by Crippen LogP contribution is 2.28. The number of para-hydroxylation sites is 1. The minimum absolute atomic E-state index is 0.533. The van der Waals surface area contributed by atoms with Gasteiger partial charge in [-0.2, -0.15) is 0 Å². The summed E-state index contributed by atoms with van der Waals surface area (Å²) in [7, 11) is 1.50. The Labute approximate surface area is 201 Å². The standard InChI is InChI=1S/C28H26N2O2.CH5N/c29-16-25(23-11-6-9-22(13-23)19-31)15-27-18-30-17-26(27)14-24-10-4-5-12-28(24)32-20-21-7-2-1-3-8-21;1-2/h1-13,15-17,19,30H,14,18,20,29H2;2H2,1H3/b25-16+,27-15+;. The van der Waals surface area contributed by atoms with Gasteiger partial charge in [0.2, 0.25) is 0 Å². The summed E-state index contributed by atoms with van der Waals surface area (Å²) in [6.07, 6.45) is 7.32. The van der Waals surface area contributed by atoms with E-state index in [-0.39, 0.29) is 0 Å². The van der Waals surface area contributed by atoms with Gasteiger partial charge in [0.25, 0.3) is 0 Å². The van der Waals surface area contributed by atoms with Crippen molar-refractivity contribution >= 4 is 11.9 Å². The molecule has 0 aromatic heterocycles. The second kappa shape index (κ2) is 12.8. The van der Waals surface area contributed by atoms with Crippen molar-refractivity contribution in [2.45, 2.75) is 13.0 Å². The highest BCUT2D eigenvalue weighted by atomic mass is 16.5. The monoisotopic (exact) mass is 453 g/mol. The van der Waals surface area contributed by atoms with Crippen molar-refractivity contribution in [2.75, 3.05) is 13.6 Å². The van der Waals surface area contributed by atoms with Crippen LogP contribution in [0.15, 0.2) is 108 Å². The summed E-state index contributed by atoms with van der Waals surface area (Å²) in [6, 6.07) is 25.8. The average molecular weight is 454 g/mol. The highest BCUT2D eigenvalue weighted by Gasteiger charge is 2.15. The summed E-state index contributed by atoms with van der Waals surface area (Å²) in [6.45, 7) is 1.26. The van der Waals surface area contributed by atoms with E-state index in [1.165, 1.54) is 12.6 Å². The summed E-state index contributed by atoms with van der Waals surface area (Å²) in [4.78, 5) is 11.1. The zero-order valence-electron chi connectivity index (χ0n) is 19.4. The van der Waals surface area contributed by atoms with E-state index in [0.717, 1.165) is 52.8 Å². The number of rotatable bonds is 8. The van der Waals surface area contributed by atoms with E-state index < -0.39 is 0 Å². The number of carbonyl (C=O) groups excluding carboxylic acids is 1. The predicted molar refractivity (Wildman–Crippen MR) is 139 cm³/mol. The minimum atomic E-state index is 0.533. The number of hydrogen-bond acceptors (Lipinski definition) is 5. The second-order valence-corrected chi connectivity index (χ2v) is 7.64. The molecule has 5 N–H and O–H groups in total. The van der Waals surface area contributed by atoms with Crippen molar-refractivity contribution in [1.29, 1.82) is 0 Å². The molecule has 0 unspecified atom stereocenters. The molecule has 0 aliphatic carbocycles. The molecular formula is C29H31N3O2. The van der Waals surface area contributed by atoms with E-state index in [4.69, 9.17) is 10.5 Å². The van der Waals surface area contributed by atoms with Gasteiger partial charge in [0.1, 0.15) is 18.6 Å². The van der Waals surface area contributed by atoms with E-state index in [9.17, 15) is 4.79 Å². The lowest BCUT2D eigenvalue weighted by Gasteiger charge is -2.13. The number of aldehydes is 1. The molecule has 5 nitrogen and oxygen atoms in total. The lowest BCUT2D eigenvalue weighted by molar-refractivity contribution is 0.112. The van der Waals surface area contributed by atoms with Crippen LogP contribution in [0, 0.1) is 0 Å². The van der Waals surface area contributed by atoms with Crippen LogP contribution in [-0.4, -0.2) is 19.9 Å². The number of nitrogens with two attached hydrogens (primary N) is 2. The summed E-state index contributed by atoms with van der Waals surface area (Å²) >= 11 is 0. The molecule has 3 aromatic rings. The molecule has 3 aromatic carbocycles. The molecule has 1 heterocycles. The zero-order chi connectivity index (χ0) is 24.2. The van der Waals surface area contributed by atoms with Gasteiger partial charge >= 0.3 is 0 Å². The van der Waals surface area contributed by atoms with Gasteiger partial charge in [0.05, 0.1) is 0 Å². The molecular weight excluding hydrogens is 422 g/mol. The van der Waals surface area contributed by atoms with Crippen LogP contribution >= 0.6 is 0 Å². The molecule has 1 aliphatic heterocycles. The fourth-order valence-corrected chi connectivity index (χ4v) is 3.74. The smallest absolute Gasteiger partial charge is 0.150 e. The van der Waals surface area contributed by atoms with Crippen LogP contribution in [0.4, 0.5) is 0 Å². The van der Waals surface area contributed by atoms with E-state index in [2.05, 4.69) is 41.5 Å². The number of hydrogen-bond donors (Lipinski definition) is 3. The van der Waals surface area contributed by atoms with E-state index in [1.54, 1.807) is 12.3 Å². The molecule has 0 fully saturated rings. The van der Waals surface area contributed by atoms with Gasteiger partial charge in [-0.15, -0.1) is 0 Å². The maximum Gasteiger partial charge on any atom is 0.150 e. The van der Waals surface area contributed by atoms with Crippen molar-refractivity contribution in [3.05, 3.63) is 131 Å². The first kappa shape index (κ1) is 24.6. The van der Waals surface area contributed by atoms with E-state index in [1.807, 2.05) is 54.6 Å². The average Bonchev–Trinajstić information content (AvgIpc) is 3.35. The van der Waals surface area contributed by atoms with E-state index >= 15 is 0 Å². The highest BCUT2D eigenvalue weighted by molar-refractivity contribution is 5.81. The van der Waals surface area contributed by atoms with Crippen molar-refractivity contribution in [2.24, 2.45) is 11.5 Å². The predicted octanol–water partition coefficient (Wildman–Crippen LogP) is 4.61. The molecule has 174 valence electrons. The Morgan fingerprint density at radius 3 is 2.53 bits per heavy atom. The van der Waals surface area contributed by atoms with Crippen LogP contribution in [0.25, 0.3) is 5.57 Å². The Kier molecular flexibility index (Phi) is 9.26. The second-order valence-electron chi connectivity index (χ2n) is 7.64. The SMILES string of the molecule is CN.N/C=C(\C=C1/CNC=C1Cc1ccccc1OCc1ccccc1)c1cccc(C=O)c1. The maximum atomic E-state index is 11.1. The van der Waals surface area contributed by atoms with Gasteiger partial charge in [0, 0.05) is 30.9 Å². The van der Waals surface area contributed by atoms with Crippen LogP contribution in [0.3, 0.4) is 0 Å². The van der Waals surface area contributed by atoms with Gasteiger partial charge in [-0.25, -0.2) is 0 Å². The van der Waals surface area contributed by atoms with Gasteiger partial charge in [0.15, 0.2) is 0 Å². The molecule has 0 saturated carbocycles. The number of ether oxygens (including phenoxy) is 1. The number of allylic oxidation sites excluding steroid dienone is 2. The summed E-state index contributed by atoms with van der Waals surface area (Å²) < 4.78 is 6.13. The van der Waals surface area contributed by atoms with Crippen LogP contribution < -0.4 is 21.5 Å². The lowest BCUT2D eigenvalue weighted by atomic mass is 9.96. The maximum absolute atomic E-state index is 11.1. The van der Waals surface area contributed by atoms with Gasteiger partial charge in [-0.3, -0.25) is 4.79 Å². The topological polar surface area (TPSA) is 90.4 Å².